The molecule has 2 aromatic rings. The minimum atomic E-state index is -0.308. The normalized spacial score (nSPS) is 12.2. The smallest absolute Gasteiger partial charge is 0.132 e. The van der Waals surface area contributed by atoms with E-state index in [0.29, 0.717) is 17.1 Å². The Balaban J connectivity index is 2.26. The van der Waals surface area contributed by atoms with Crippen LogP contribution in [0.2, 0.25) is 0 Å². The molecule has 0 radical (unpaired) electrons. The van der Waals surface area contributed by atoms with E-state index in [0.717, 1.165) is 0 Å². The number of thioether (sulfide) groups is 1. The monoisotopic (exact) mass is 277 g/mol. The van der Waals surface area contributed by atoms with Gasteiger partial charge in [-0.05, 0) is 55.6 Å². The van der Waals surface area contributed by atoms with Gasteiger partial charge in [-0.25, -0.2) is 4.39 Å². The van der Waals surface area contributed by atoms with E-state index in [4.69, 9.17) is 10.5 Å². The fourth-order valence-corrected chi connectivity index (χ4v) is 2.15. The van der Waals surface area contributed by atoms with E-state index in [1.165, 1.54) is 17.0 Å². The topological polar surface area (TPSA) is 35.2 Å². The molecular formula is C15H16FNOS. The van der Waals surface area contributed by atoms with Crippen LogP contribution in [0.5, 0.6) is 11.5 Å². The number of hydrogen-bond donors (Lipinski definition) is 1. The molecule has 19 heavy (non-hydrogen) atoms. The summed E-state index contributed by atoms with van der Waals surface area (Å²) in [5.41, 5.74) is 6.49. The summed E-state index contributed by atoms with van der Waals surface area (Å²) < 4.78 is 19.0. The van der Waals surface area contributed by atoms with E-state index < -0.39 is 0 Å². The second kappa shape index (κ2) is 6.08. The SMILES string of the molecule is CSc1ccc(Oc2ccc(F)cc2[C@@H](C)N)cc1. The quantitative estimate of drug-likeness (QED) is 0.843. The maximum Gasteiger partial charge on any atom is 0.132 e. The van der Waals surface area contributed by atoms with Crippen LogP contribution in [-0.2, 0) is 0 Å². The number of nitrogens with two attached hydrogens (primary N) is 1. The van der Waals surface area contributed by atoms with Gasteiger partial charge in [-0.3, -0.25) is 0 Å². The molecule has 1 atom stereocenters. The van der Waals surface area contributed by atoms with Crippen LogP contribution in [-0.4, -0.2) is 6.26 Å². The second-order valence-corrected chi connectivity index (χ2v) is 5.13. The lowest BCUT2D eigenvalue weighted by Gasteiger charge is -2.14. The van der Waals surface area contributed by atoms with Gasteiger partial charge >= 0.3 is 0 Å². The average Bonchev–Trinajstić information content (AvgIpc) is 2.41. The molecule has 100 valence electrons. The van der Waals surface area contributed by atoms with Crippen molar-refractivity contribution < 1.29 is 9.13 Å². The van der Waals surface area contributed by atoms with Crippen molar-refractivity contribution in [3.05, 3.63) is 53.8 Å². The third-order valence-electron chi connectivity index (χ3n) is 2.75. The zero-order valence-electron chi connectivity index (χ0n) is 10.9. The highest BCUT2D eigenvalue weighted by atomic mass is 32.2. The Morgan fingerprint density at radius 1 is 1.16 bits per heavy atom. The van der Waals surface area contributed by atoms with E-state index in [9.17, 15) is 4.39 Å². The van der Waals surface area contributed by atoms with Crippen LogP contribution < -0.4 is 10.5 Å². The summed E-state index contributed by atoms with van der Waals surface area (Å²) in [6, 6.07) is 11.9. The molecule has 4 heteroatoms. The first kappa shape index (κ1) is 13.9. The largest absolute Gasteiger partial charge is 0.457 e. The highest BCUT2D eigenvalue weighted by Gasteiger charge is 2.10. The summed E-state index contributed by atoms with van der Waals surface area (Å²) in [5.74, 6) is 0.997. The molecule has 0 unspecified atom stereocenters. The summed E-state index contributed by atoms with van der Waals surface area (Å²) in [7, 11) is 0. The molecule has 0 aliphatic rings. The van der Waals surface area contributed by atoms with Gasteiger partial charge in [-0.1, -0.05) is 0 Å². The molecular weight excluding hydrogens is 261 g/mol. The van der Waals surface area contributed by atoms with E-state index >= 15 is 0 Å². The van der Waals surface area contributed by atoms with Gasteiger partial charge in [0.15, 0.2) is 0 Å². The maximum absolute atomic E-state index is 13.2. The fourth-order valence-electron chi connectivity index (χ4n) is 1.74. The molecule has 2 N–H and O–H groups in total. The Hall–Kier alpha value is -1.52. The molecule has 0 spiro atoms. The van der Waals surface area contributed by atoms with Crippen LogP contribution in [0.1, 0.15) is 18.5 Å². The minimum Gasteiger partial charge on any atom is -0.457 e. The molecule has 0 bridgehead atoms. The molecule has 2 rings (SSSR count). The van der Waals surface area contributed by atoms with Crippen molar-refractivity contribution in [1.29, 1.82) is 0 Å². The Morgan fingerprint density at radius 3 is 2.42 bits per heavy atom. The standard InChI is InChI=1S/C15H16FNOS/c1-10(17)14-9-11(16)3-8-15(14)18-12-4-6-13(19-2)7-5-12/h3-10H,17H2,1-2H3/t10-/m1/s1. The van der Waals surface area contributed by atoms with E-state index in [2.05, 4.69) is 0 Å². The van der Waals surface area contributed by atoms with Crippen LogP contribution in [0.25, 0.3) is 0 Å². The molecule has 0 fully saturated rings. The lowest BCUT2D eigenvalue weighted by atomic mass is 10.1. The Bertz CT molecular complexity index is 555. The minimum absolute atomic E-state index is 0.281. The fraction of sp³-hybridized carbons (Fsp3) is 0.200. The molecule has 2 nitrogen and oxygen atoms in total. The lowest BCUT2D eigenvalue weighted by Crippen LogP contribution is -2.07. The molecule has 0 aliphatic heterocycles. The average molecular weight is 277 g/mol. The Morgan fingerprint density at radius 2 is 1.84 bits per heavy atom. The van der Waals surface area contributed by atoms with E-state index in [1.807, 2.05) is 30.5 Å². The van der Waals surface area contributed by atoms with Crippen molar-refractivity contribution >= 4 is 11.8 Å². The van der Waals surface area contributed by atoms with E-state index in [1.54, 1.807) is 24.8 Å². The lowest BCUT2D eigenvalue weighted by molar-refractivity contribution is 0.469. The third-order valence-corrected chi connectivity index (χ3v) is 3.49. The summed E-state index contributed by atoms with van der Waals surface area (Å²) in [5, 5.41) is 0. The Kier molecular flexibility index (Phi) is 4.45. The van der Waals surface area contributed by atoms with Gasteiger partial charge in [0.2, 0.25) is 0 Å². The van der Waals surface area contributed by atoms with Crippen LogP contribution >= 0.6 is 11.8 Å². The summed E-state index contributed by atoms with van der Waals surface area (Å²) >= 11 is 1.67. The molecule has 0 aliphatic carbocycles. The summed E-state index contributed by atoms with van der Waals surface area (Å²) in [6.45, 7) is 1.80. The number of hydrogen-bond acceptors (Lipinski definition) is 3. The van der Waals surface area contributed by atoms with Crippen molar-refractivity contribution in [2.75, 3.05) is 6.26 Å². The van der Waals surface area contributed by atoms with E-state index in [-0.39, 0.29) is 11.9 Å². The third kappa shape index (κ3) is 3.49. The highest BCUT2D eigenvalue weighted by Crippen LogP contribution is 2.30. The molecule has 0 heterocycles. The van der Waals surface area contributed by atoms with Crippen LogP contribution in [0.3, 0.4) is 0 Å². The second-order valence-electron chi connectivity index (χ2n) is 4.25. The number of ether oxygens (including phenoxy) is 1. The van der Waals surface area contributed by atoms with Crippen LogP contribution in [0, 0.1) is 5.82 Å². The molecule has 0 amide bonds. The van der Waals surface area contributed by atoms with Gasteiger partial charge in [0.25, 0.3) is 0 Å². The van der Waals surface area contributed by atoms with Crippen molar-refractivity contribution in [3.63, 3.8) is 0 Å². The van der Waals surface area contributed by atoms with Crippen molar-refractivity contribution in [2.45, 2.75) is 17.9 Å². The first-order chi connectivity index (χ1) is 9.10. The summed E-state index contributed by atoms with van der Waals surface area (Å²) in [6.07, 6.45) is 2.02. The molecule has 2 aromatic carbocycles. The van der Waals surface area contributed by atoms with Crippen molar-refractivity contribution in [3.8, 4) is 11.5 Å². The zero-order chi connectivity index (χ0) is 13.8. The van der Waals surface area contributed by atoms with Gasteiger partial charge in [-0.2, -0.15) is 0 Å². The molecule has 0 saturated carbocycles. The van der Waals surface area contributed by atoms with Crippen molar-refractivity contribution in [1.82, 2.24) is 0 Å². The van der Waals surface area contributed by atoms with Crippen LogP contribution in [0.15, 0.2) is 47.4 Å². The summed E-state index contributed by atoms with van der Waals surface area (Å²) in [4.78, 5) is 1.17. The number of rotatable bonds is 4. The van der Waals surface area contributed by atoms with Gasteiger partial charge in [0.1, 0.15) is 17.3 Å². The number of benzene rings is 2. The van der Waals surface area contributed by atoms with Gasteiger partial charge in [0.05, 0.1) is 0 Å². The predicted octanol–water partition coefficient (Wildman–Crippen LogP) is 4.36. The van der Waals surface area contributed by atoms with Gasteiger partial charge in [0, 0.05) is 16.5 Å². The predicted molar refractivity (Wildman–Crippen MR) is 77.3 cm³/mol. The van der Waals surface area contributed by atoms with Crippen LogP contribution in [0.4, 0.5) is 4.39 Å². The Labute approximate surface area is 116 Å². The molecule has 0 saturated heterocycles. The highest BCUT2D eigenvalue weighted by molar-refractivity contribution is 7.98. The first-order valence-corrected chi connectivity index (χ1v) is 7.19. The zero-order valence-corrected chi connectivity index (χ0v) is 11.7. The maximum atomic E-state index is 13.2. The number of halogens is 1. The van der Waals surface area contributed by atoms with Gasteiger partial charge < -0.3 is 10.5 Å². The van der Waals surface area contributed by atoms with Crippen molar-refractivity contribution in [2.24, 2.45) is 5.73 Å². The van der Waals surface area contributed by atoms with Gasteiger partial charge in [-0.15, -0.1) is 11.8 Å². The molecule has 0 aromatic heterocycles. The first-order valence-electron chi connectivity index (χ1n) is 5.97.